The minimum absolute atomic E-state index is 0.124. The van der Waals surface area contributed by atoms with Gasteiger partial charge in [-0.2, -0.15) is 0 Å². The van der Waals surface area contributed by atoms with Crippen LogP contribution in [0.3, 0.4) is 0 Å². The van der Waals surface area contributed by atoms with Gasteiger partial charge in [-0.05, 0) is 46.7 Å². The Hall–Kier alpha value is -1.10. The molecule has 1 atom stereocenters. The van der Waals surface area contributed by atoms with Crippen LogP contribution in [0.2, 0.25) is 0 Å². The maximum absolute atomic E-state index is 12.6. The number of rotatable bonds is 2. The fourth-order valence-corrected chi connectivity index (χ4v) is 3.93. The van der Waals surface area contributed by atoms with Crippen LogP contribution >= 0.6 is 0 Å². The van der Waals surface area contributed by atoms with Crippen LogP contribution in [-0.2, 0) is 9.59 Å². The highest BCUT2D eigenvalue weighted by Gasteiger charge is 2.44. The third kappa shape index (κ3) is 3.00. The van der Waals surface area contributed by atoms with Crippen molar-refractivity contribution in [3.63, 3.8) is 0 Å². The third-order valence-corrected chi connectivity index (χ3v) is 5.37. The van der Waals surface area contributed by atoms with Crippen LogP contribution in [0.15, 0.2) is 0 Å². The van der Waals surface area contributed by atoms with E-state index in [1.165, 1.54) is 32.4 Å². The van der Waals surface area contributed by atoms with Crippen LogP contribution < -0.4 is 0 Å². The Balaban J connectivity index is 1.50. The molecule has 5 nitrogen and oxygen atoms in total. The van der Waals surface area contributed by atoms with Crippen molar-refractivity contribution in [1.29, 1.82) is 0 Å². The fraction of sp³-hybridized carbons (Fsp3) is 0.882. The Morgan fingerprint density at radius 3 is 2.23 bits per heavy atom. The molecule has 3 saturated heterocycles. The molecule has 3 aliphatic rings. The van der Waals surface area contributed by atoms with Crippen molar-refractivity contribution in [3.8, 4) is 0 Å². The van der Waals surface area contributed by atoms with Crippen LogP contribution in [0, 0.1) is 5.92 Å². The highest BCUT2D eigenvalue weighted by Crippen LogP contribution is 2.29. The summed E-state index contributed by atoms with van der Waals surface area (Å²) < 4.78 is 0. The van der Waals surface area contributed by atoms with Crippen molar-refractivity contribution in [2.45, 2.75) is 58.0 Å². The van der Waals surface area contributed by atoms with Gasteiger partial charge in [0, 0.05) is 37.6 Å². The second-order valence-corrected chi connectivity index (χ2v) is 8.07. The summed E-state index contributed by atoms with van der Waals surface area (Å²) in [6, 6.07) is 0.556. The van der Waals surface area contributed by atoms with Crippen molar-refractivity contribution >= 4 is 11.8 Å². The molecular weight excluding hydrogens is 278 g/mol. The van der Waals surface area contributed by atoms with E-state index in [-0.39, 0.29) is 23.3 Å². The molecule has 22 heavy (non-hydrogen) atoms. The summed E-state index contributed by atoms with van der Waals surface area (Å²) >= 11 is 0. The predicted molar refractivity (Wildman–Crippen MR) is 85.4 cm³/mol. The predicted octanol–water partition coefficient (Wildman–Crippen LogP) is 1.33. The number of likely N-dealkylation sites (tertiary alicyclic amines) is 3. The van der Waals surface area contributed by atoms with E-state index in [1.54, 1.807) is 0 Å². The molecule has 3 rings (SSSR count). The molecule has 0 aromatic carbocycles. The quantitative estimate of drug-likeness (QED) is 0.773. The smallest absolute Gasteiger partial charge is 0.228 e. The summed E-state index contributed by atoms with van der Waals surface area (Å²) in [4.78, 5) is 31.1. The van der Waals surface area contributed by atoms with Gasteiger partial charge in [0.1, 0.15) is 0 Å². The van der Waals surface area contributed by atoms with Gasteiger partial charge in [0.25, 0.3) is 0 Å². The average Bonchev–Trinajstić information content (AvgIpc) is 2.80. The van der Waals surface area contributed by atoms with E-state index in [2.05, 4.69) is 4.90 Å². The lowest BCUT2D eigenvalue weighted by Crippen LogP contribution is -2.62. The van der Waals surface area contributed by atoms with E-state index in [0.717, 1.165) is 13.1 Å². The summed E-state index contributed by atoms with van der Waals surface area (Å²) in [5, 5.41) is 0. The SMILES string of the molecule is CC(C)(C)N1CC(C(=O)N2CC(N3CCCCC3)C2)CC1=O. The maximum atomic E-state index is 12.6. The Bertz CT molecular complexity index is 445. The molecule has 1 unspecified atom stereocenters. The Kier molecular flexibility index (Phi) is 4.19. The monoisotopic (exact) mass is 307 g/mol. The number of piperidine rings is 1. The summed E-state index contributed by atoms with van der Waals surface area (Å²) in [5.74, 6) is 0.182. The molecule has 2 amide bonds. The highest BCUT2D eigenvalue weighted by atomic mass is 16.2. The van der Waals surface area contributed by atoms with E-state index < -0.39 is 0 Å². The largest absolute Gasteiger partial charge is 0.339 e. The van der Waals surface area contributed by atoms with Gasteiger partial charge in [-0.3, -0.25) is 14.5 Å². The molecule has 0 aromatic heterocycles. The summed E-state index contributed by atoms with van der Waals surface area (Å²) in [6.07, 6.45) is 4.32. The minimum atomic E-state index is -0.183. The molecule has 0 aliphatic carbocycles. The van der Waals surface area contributed by atoms with E-state index in [1.807, 2.05) is 30.6 Å². The second-order valence-electron chi connectivity index (χ2n) is 8.07. The molecule has 0 spiro atoms. The molecule has 0 radical (unpaired) electrons. The Morgan fingerprint density at radius 1 is 1.05 bits per heavy atom. The summed E-state index contributed by atoms with van der Waals surface area (Å²) in [7, 11) is 0. The zero-order chi connectivity index (χ0) is 15.9. The van der Waals surface area contributed by atoms with Gasteiger partial charge in [0.15, 0.2) is 0 Å². The van der Waals surface area contributed by atoms with Crippen LogP contribution in [-0.4, -0.2) is 70.8 Å². The molecule has 3 aliphatic heterocycles. The van der Waals surface area contributed by atoms with Crippen molar-refractivity contribution in [3.05, 3.63) is 0 Å². The van der Waals surface area contributed by atoms with E-state index >= 15 is 0 Å². The van der Waals surface area contributed by atoms with E-state index in [9.17, 15) is 9.59 Å². The lowest BCUT2D eigenvalue weighted by Gasteiger charge is -2.47. The van der Waals surface area contributed by atoms with Crippen LogP contribution in [0.25, 0.3) is 0 Å². The number of hydrogen-bond donors (Lipinski definition) is 0. The van der Waals surface area contributed by atoms with Gasteiger partial charge in [-0.1, -0.05) is 6.42 Å². The standard InChI is InChI=1S/C17H29N3O2/c1-17(2,3)20-10-13(9-15(20)21)16(22)19-11-14(12-19)18-7-5-4-6-8-18/h13-14H,4-12H2,1-3H3. The first kappa shape index (κ1) is 15.8. The first-order valence-electron chi connectivity index (χ1n) is 8.69. The summed E-state index contributed by atoms with van der Waals surface area (Å²) in [5.41, 5.74) is -0.183. The maximum Gasteiger partial charge on any atom is 0.228 e. The van der Waals surface area contributed by atoms with Crippen molar-refractivity contribution < 1.29 is 9.59 Å². The molecule has 5 heteroatoms. The molecular formula is C17H29N3O2. The number of carbonyl (C=O) groups excluding carboxylic acids is 2. The highest BCUT2D eigenvalue weighted by molar-refractivity contribution is 5.90. The first-order valence-corrected chi connectivity index (χ1v) is 8.69. The molecule has 3 fully saturated rings. The molecule has 0 N–H and O–H groups in total. The normalized spacial score (nSPS) is 28.1. The topological polar surface area (TPSA) is 43.9 Å². The lowest BCUT2D eigenvalue weighted by molar-refractivity contribution is -0.143. The minimum Gasteiger partial charge on any atom is -0.339 e. The van der Waals surface area contributed by atoms with Gasteiger partial charge in [-0.15, -0.1) is 0 Å². The van der Waals surface area contributed by atoms with Crippen LogP contribution in [0.1, 0.15) is 46.5 Å². The van der Waals surface area contributed by atoms with Crippen molar-refractivity contribution in [2.24, 2.45) is 5.92 Å². The second kappa shape index (κ2) is 5.84. The van der Waals surface area contributed by atoms with Crippen molar-refractivity contribution in [1.82, 2.24) is 14.7 Å². The number of carbonyl (C=O) groups is 2. The van der Waals surface area contributed by atoms with Gasteiger partial charge < -0.3 is 9.80 Å². The van der Waals surface area contributed by atoms with Crippen molar-refractivity contribution in [2.75, 3.05) is 32.7 Å². The Labute approximate surface area is 133 Å². The van der Waals surface area contributed by atoms with Crippen LogP contribution in [0.4, 0.5) is 0 Å². The van der Waals surface area contributed by atoms with E-state index in [0.29, 0.717) is 19.0 Å². The zero-order valence-corrected chi connectivity index (χ0v) is 14.2. The zero-order valence-electron chi connectivity index (χ0n) is 14.2. The number of hydrogen-bond acceptors (Lipinski definition) is 3. The first-order chi connectivity index (χ1) is 10.4. The summed E-state index contributed by atoms with van der Waals surface area (Å²) in [6.45, 7) is 10.8. The molecule has 0 aromatic rings. The number of nitrogens with zero attached hydrogens (tertiary/aromatic N) is 3. The lowest BCUT2D eigenvalue weighted by atomic mass is 9.99. The Morgan fingerprint density at radius 2 is 1.68 bits per heavy atom. The molecule has 3 heterocycles. The van der Waals surface area contributed by atoms with Crippen LogP contribution in [0.5, 0.6) is 0 Å². The van der Waals surface area contributed by atoms with Gasteiger partial charge in [0.2, 0.25) is 11.8 Å². The molecule has 124 valence electrons. The average molecular weight is 307 g/mol. The van der Waals surface area contributed by atoms with E-state index in [4.69, 9.17) is 0 Å². The third-order valence-electron chi connectivity index (χ3n) is 5.37. The fourth-order valence-electron chi connectivity index (χ4n) is 3.93. The molecule has 0 saturated carbocycles. The van der Waals surface area contributed by atoms with Gasteiger partial charge >= 0.3 is 0 Å². The van der Waals surface area contributed by atoms with Gasteiger partial charge in [0.05, 0.1) is 5.92 Å². The molecule has 0 bridgehead atoms. The van der Waals surface area contributed by atoms with Gasteiger partial charge in [-0.25, -0.2) is 0 Å². The number of amides is 2.